The molecule has 0 bridgehead atoms. The number of nitrogens with one attached hydrogen (secondary N) is 1. The third kappa shape index (κ3) is 15.7. The van der Waals surface area contributed by atoms with E-state index in [9.17, 15) is 13.2 Å². The van der Waals surface area contributed by atoms with Gasteiger partial charge in [0.2, 0.25) is 0 Å². The molecule has 0 rings (SSSR count). The van der Waals surface area contributed by atoms with Crippen molar-refractivity contribution in [2.24, 2.45) is 5.92 Å². The Labute approximate surface area is 108 Å². The van der Waals surface area contributed by atoms with Crippen LogP contribution in [0.3, 0.4) is 0 Å². The fraction of sp³-hybridized carbons (Fsp3) is 1.00. The van der Waals surface area contributed by atoms with Crippen molar-refractivity contribution < 1.29 is 17.9 Å². The van der Waals surface area contributed by atoms with Gasteiger partial charge in [-0.3, -0.25) is 0 Å². The number of ether oxygens (including phenoxy) is 1. The summed E-state index contributed by atoms with van der Waals surface area (Å²) in [6.07, 6.45) is -0.839. The van der Waals surface area contributed by atoms with Crippen LogP contribution in [0.5, 0.6) is 0 Å². The van der Waals surface area contributed by atoms with E-state index < -0.39 is 12.6 Å². The number of unbranched alkanes of at least 4 members (excludes halogenated alkanes) is 3. The molecule has 0 aliphatic carbocycles. The molecule has 0 spiro atoms. The van der Waals surface area contributed by atoms with Gasteiger partial charge in [-0.2, -0.15) is 13.2 Å². The smallest absolute Gasteiger partial charge is 0.381 e. The van der Waals surface area contributed by atoms with Crippen molar-refractivity contribution in [3.05, 3.63) is 0 Å². The summed E-state index contributed by atoms with van der Waals surface area (Å²) < 4.78 is 40.3. The van der Waals surface area contributed by atoms with Crippen LogP contribution in [0.4, 0.5) is 13.2 Å². The molecule has 1 N–H and O–H groups in total. The Hall–Kier alpha value is -0.290. The van der Waals surface area contributed by atoms with Crippen LogP contribution in [0.15, 0.2) is 0 Å². The highest BCUT2D eigenvalue weighted by atomic mass is 19.4. The van der Waals surface area contributed by atoms with Crippen molar-refractivity contribution in [3.8, 4) is 0 Å². The zero-order valence-corrected chi connectivity index (χ0v) is 11.5. The molecule has 0 saturated carbocycles. The molecule has 0 unspecified atom stereocenters. The Bertz CT molecular complexity index is 184. The van der Waals surface area contributed by atoms with Crippen LogP contribution in [0.25, 0.3) is 0 Å². The van der Waals surface area contributed by atoms with Gasteiger partial charge in [0.05, 0.1) is 13.0 Å². The molecular weight excluding hydrogens is 243 g/mol. The lowest BCUT2D eigenvalue weighted by molar-refractivity contribution is -0.145. The topological polar surface area (TPSA) is 21.3 Å². The van der Waals surface area contributed by atoms with Crippen LogP contribution < -0.4 is 5.32 Å². The van der Waals surface area contributed by atoms with E-state index in [0.717, 1.165) is 38.8 Å². The first-order valence-electron chi connectivity index (χ1n) is 6.77. The number of hydrogen-bond donors (Lipinski definition) is 1. The Morgan fingerprint density at radius 1 is 1.00 bits per heavy atom. The van der Waals surface area contributed by atoms with Gasteiger partial charge in [-0.05, 0) is 31.8 Å². The number of alkyl halides is 3. The average Bonchev–Trinajstić information content (AvgIpc) is 2.24. The molecule has 5 heteroatoms. The molecule has 0 fully saturated rings. The van der Waals surface area contributed by atoms with Gasteiger partial charge in [-0.25, -0.2) is 0 Å². The van der Waals surface area contributed by atoms with E-state index in [-0.39, 0.29) is 6.61 Å². The Morgan fingerprint density at radius 2 is 1.67 bits per heavy atom. The molecule has 0 aliphatic rings. The maximum absolute atomic E-state index is 11.8. The largest absolute Gasteiger partial charge is 0.391 e. The van der Waals surface area contributed by atoms with Crippen LogP contribution in [0.1, 0.15) is 46.0 Å². The van der Waals surface area contributed by atoms with Gasteiger partial charge in [0.25, 0.3) is 0 Å². The van der Waals surface area contributed by atoms with E-state index in [2.05, 4.69) is 19.2 Å². The SMILES string of the molecule is CC(C)CNCCCCCCOCCC(F)(F)F. The highest BCUT2D eigenvalue weighted by molar-refractivity contribution is 4.52. The van der Waals surface area contributed by atoms with Gasteiger partial charge >= 0.3 is 6.18 Å². The fourth-order valence-electron chi connectivity index (χ4n) is 1.49. The minimum absolute atomic E-state index is 0.209. The van der Waals surface area contributed by atoms with Gasteiger partial charge in [0.1, 0.15) is 0 Å². The molecular formula is C13H26F3NO. The Balaban J connectivity index is 3.04. The van der Waals surface area contributed by atoms with Crippen LogP contribution in [-0.2, 0) is 4.74 Å². The minimum atomic E-state index is -4.10. The van der Waals surface area contributed by atoms with Gasteiger partial charge in [-0.15, -0.1) is 0 Å². The lowest BCUT2D eigenvalue weighted by Gasteiger charge is -2.08. The lowest BCUT2D eigenvalue weighted by Crippen LogP contribution is -2.20. The van der Waals surface area contributed by atoms with Crippen LogP contribution in [0.2, 0.25) is 0 Å². The van der Waals surface area contributed by atoms with E-state index in [1.165, 1.54) is 0 Å². The van der Waals surface area contributed by atoms with Gasteiger partial charge < -0.3 is 10.1 Å². The molecule has 2 nitrogen and oxygen atoms in total. The highest BCUT2D eigenvalue weighted by Gasteiger charge is 2.26. The number of rotatable bonds is 11. The molecule has 0 radical (unpaired) electrons. The van der Waals surface area contributed by atoms with Crippen LogP contribution in [0, 0.1) is 5.92 Å². The quantitative estimate of drug-likeness (QED) is 0.577. The molecule has 0 aromatic rings. The van der Waals surface area contributed by atoms with E-state index in [1.807, 2.05) is 0 Å². The molecule has 0 heterocycles. The predicted molar refractivity (Wildman–Crippen MR) is 67.7 cm³/mol. The molecule has 0 aliphatic heterocycles. The molecule has 18 heavy (non-hydrogen) atoms. The minimum Gasteiger partial charge on any atom is -0.381 e. The van der Waals surface area contributed by atoms with Crippen molar-refractivity contribution >= 4 is 0 Å². The summed E-state index contributed by atoms with van der Waals surface area (Å²) in [4.78, 5) is 0. The Kier molecular flexibility index (Phi) is 10.4. The summed E-state index contributed by atoms with van der Waals surface area (Å²) in [5.74, 6) is 0.673. The van der Waals surface area contributed by atoms with Crippen molar-refractivity contribution in [3.63, 3.8) is 0 Å². The van der Waals surface area contributed by atoms with Gasteiger partial charge in [0.15, 0.2) is 0 Å². The highest BCUT2D eigenvalue weighted by Crippen LogP contribution is 2.18. The first kappa shape index (κ1) is 17.7. The van der Waals surface area contributed by atoms with Crippen molar-refractivity contribution in [1.82, 2.24) is 5.32 Å². The molecule has 0 aromatic carbocycles. The van der Waals surface area contributed by atoms with Crippen molar-refractivity contribution in [2.75, 3.05) is 26.3 Å². The van der Waals surface area contributed by atoms with E-state index in [1.54, 1.807) is 0 Å². The normalized spacial score (nSPS) is 12.3. The van der Waals surface area contributed by atoms with E-state index >= 15 is 0 Å². The van der Waals surface area contributed by atoms with Gasteiger partial charge in [0, 0.05) is 6.61 Å². The van der Waals surface area contributed by atoms with Crippen molar-refractivity contribution in [2.45, 2.75) is 52.1 Å². The first-order chi connectivity index (χ1) is 8.42. The molecule has 110 valence electrons. The van der Waals surface area contributed by atoms with E-state index in [0.29, 0.717) is 12.5 Å². The van der Waals surface area contributed by atoms with Gasteiger partial charge in [-0.1, -0.05) is 26.7 Å². The maximum Gasteiger partial charge on any atom is 0.391 e. The summed E-state index contributed by atoms with van der Waals surface area (Å²) in [6, 6.07) is 0. The van der Waals surface area contributed by atoms with Crippen LogP contribution in [-0.4, -0.2) is 32.5 Å². The standard InChI is InChI=1S/C13H26F3NO/c1-12(2)11-17-8-5-3-4-6-9-18-10-7-13(14,15)16/h12,17H,3-11H2,1-2H3. The monoisotopic (exact) mass is 269 g/mol. The molecule has 0 saturated heterocycles. The summed E-state index contributed by atoms with van der Waals surface area (Å²) >= 11 is 0. The first-order valence-corrected chi connectivity index (χ1v) is 6.77. The third-order valence-corrected chi connectivity index (χ3v) is 2.47. The second-order valence-corrected chi connectivity index (χ2v) is 4.99. The molecule has 0 atom stereocenters. The second kappa shape index (κ2) is 10.6. The van der Waals surface area contributed by atoms with Crippen LogP contribution >= 0.6 is 0 Å². The molecule has 0 amide bonds. The number of hydrogen-bond acceptors (Lipinski definition) is 2. The predicted octanol–water partition coefficient (Wildman–Crippen LogP) is 3.76. The molecule has 0 aromatic heterocycles. The number of halogens is 3. The summed E-state index contributed by atoms with van der Waals surface area (Å²) in [6.45, 7) is 6.64. The third-order valence-electron chi connectivity index (χ3n) is 2.47. The fourth-order valence-corrected chi connectivity index (χ4v) is 1.49. The van der Waals surface area contributed by atoms with Crippen molar-refractivity contribution in [1.29, 1.82) is 0 Å². The summed E-state index contributed by atoms with van der Waals surface area (Å²) in [7, 11) is 0. The zero-order chi connectivity index (χ0) is 13.9. The van der Waals surface area contributed by atoms with E-state index in [4.69, 9.17) is 4.74 Å². The maximum atomic E-state index is 11.8. The lowest BCUT2D eigenvalue weighted by atomic mass is 10.2. The average molecular weight is 269 g/mol. The summed E-state index contributed by atoms with van der Waals surface area (Å²) in [5.41, 5.74) is 0. The Morgan fingerprint density at radius 3 is 2.28 bits per heavy atom. The second-order valence-electron chi connectivity index (χ2n) is 4.99. The zero-order valence-electron chi connectivity index (χ0n) is 11.5. The summed E-state index contributed by atoms with van der Waals surface area (Å²) in [5, 5.41) is 3.36.